The van der Waals surface area contributed by atoms with E-state index in [2.05, 4.69) is 10.0 Å². The lowest BCUT2D eigenvalue weighted by atomic mass is 10.1. The fraction of sp³-hybridized carbons (Fsp3) is 0.263. The van der Waals surface area contributed by atoms with E-state index in [1.807, 2.05) is 37.3 Å². The van der Waals surface area contributed by atoms with Crippen LogP contribution in [0.15, 0.2) is 53.4 Å². The lowest BCUT2D eigenvalue weighted by Crippen LogP contribution is -2.38. The Labute approximate surface area is 158 Å². The average molecular weight is 387 g/mol. The van der Waals surface area contributed by atoms with E-state index in [0.29, 0.717) is 11.3 Å². The first kappa shape index (κ1) is 19.1. The lowest BCUT2D eigenvalue weighted by molar-refractivity contribution is -0.120. The highest BCUT2D eigenvalue weighted by molar-refractivity contribution is 7.89. The Kier molecular flexibility index (Phi) is 5.29. The number of likely N-dealkylation sites (N-methyl/N-ethyl adjacent to an activating group) is 1. The number of rotatable bonds is 6. The van der Waals surface area contributed by atoms with Crippen molar-refractivity contribution < 1.29 is 18.0 Å². The molecule has 8 heteroatoms. The summed E-state index contributed by atoms with van der Waals surface area (Å²) in [7, 11) is -2.20. The Balaban J connectivity index is 1.63. The molecule has 2 aromatic carbocycles. The fourth-order valence-electron chi connectivity index (χ4n) is 2.98. The lowest BCUT2D eigenvalue weighted by Gasteiger charge is -2.15. The van der Waals surface area contributed by atoms with Crippen LogP contribution < -0.4 is 14.9 Å². The minimum absolute atomic E-state index is 0.0354. The summed E-state index contributed by atoms with van der Waals surface area (Å²) in [5.74, 6) is -0.507. The highest BCUT2D eigenvalue weighted by Crippen LogP contribution is 2.29. The van der Waals surface area contributed by atoms with Crippen molar-refractivity contribution in [2.75, 3.05) is 18.5 Å². The molecule has 2 amide bonds. The number of amides is 2. The molecule has 1 unspecified atom stereocenters. The number of anilines is 1. The molecular weight excluding hydrogens is 366 g/mol. The molecule has 2 aromatic rings. The van der Waals surface area contributed by atoms with Crippen molar-refractivity contribution in [3.8, 4) is 0 Å². The van der Waals surface area contributed by atoms with E-state index in [4.69, 9.17) is 0 Å². The van der Waals surface area contributed by atoms with Crippen LogP contribution in [0.3, 0.4) is 0 Å². The van der Waals surface area contributed by atoms with Gasteiger partial charge in [-0.25, -0.2) is 13.1 Å². The number of nitrogens with one attached hydrogen (secondary N) is 2. The van der Waals surface area contributed by atoms with Crippen LogP contribution in [0.4, 0.5) is 5.69 Å². The quantitative estimate of drug-likeness (QED) is 0.782. The van der Waals surface area contributed by atoms with E-state index in [-0.39, 0.29) is 29.8 Å². The first-order valence-corrected chi connectivity index (χ1v) is 10.00. The predicted molar refractivity (Wildman–Crippen MR) is 102 cm³/mol. The summed E-state index contributed by atoms with van der Waals surface area (Å²) in [5.41, 5.74) is 2.29. The minimum atomic E-state index is -3.85. The largest absolute Gasteiger partial charge is 0.348 e. The van der Waals surface area contributed by atoms with Crippen molar-refractivity contribution in [2.45, 2.75) is 24.3 Å². The maximum atomic E-state index is 12.5. The van der Waals surface area contributed by atoms with Crippen molar-refractivity contribution in [1.29, 1.82) is 0 Å². The molecule has 1 aliphatic heterocycles. The summed E-state index contributed by atoms with van der Waals surface area (Å²) in [6, 6.07) is 13.7. The molecular formula is C19H21N3O4S. The van der Waals surface area contributed by atoms with Gasteiger partial charge in [0.05, 0.1) is 23.9 Å². The molecule has 0 aliphatic carbocycles. The fourth-order valence-corrected chi connectivity index (χ4v) is 4.01. The van der Waals surface area contributed by atoms with Crippen LogP contribution in [0, 0.1) is 0 Å². The van der Waals surface area contributed by atoms with E-state index < -0.39 is 15.9 Å². The Morgan fingerprint density at radius 1 is 1.19 bits per heavy atom. The Bertz CT molecular complexity index is 974. The molecule has 0 aromatic heterocycles. The number of carbonyl (C=O) groups excluding carboxylic acids is 2. The molecule has 1 heterocycles. The molecule has 0 saturated carbocycles. The summed E-state index contributed by atoms with van der Waals surface area (Å²) in [5, 5.41) is 2.76. The topological polar surface area (TPSA) is 95.6 Å². The van der Waals surface area contributed by atoms with Gasteiger partial charge < -0.3 is 10.2 Å². The van der Waals surface area contributed by atoms with Crippen LogP contribution in [0.2, 0.25) is 0 Å². The van der Waals surface area contributed by atoms with Gasteiger partial charge in [-0.2, -0.15) is 0 Å². The summed E-state index contributed by atoms with van der Waals surface area (Å²) in [6.07, 6.45) is 0.171. The zero-order valence-corrected chi connectivity index (χ0v) is 15.9. The minimum Gasteiger partial charge on any atom is -0.348 e. The first-order chi connectivity index (χ1) is 12.8. The zero-order valence-electron chi connectivity index (χ0n) is 15.1. The van der Waals surface area contributed by atoms with Gasteiger partial charge in [0.2, 0.25) is 21.8 Å². The summed E-state index contributed by atoms with van der Waals surface area (Å²) in [6.45, 7) is 1.46. The predicted octanol–water partition coefficient (Wildman–Crippen LogP) is 1.36. The van der Waals surface area contributed by atoms with Gasteiger partial charge in [0.25, 0.3) is 0 Å². The van der Waals surface area contributed by atoms with Crippen molar-refractivity contribution in [2.24, 2.45) is 0 Å². The summed E-state index contributed by atoms with van der Waals surface area (Å²) >= 11 is 0. The van der Waals surface area contributed by atoms with Crippen LogP contribution in [0.25, 0.3) is 0 Å². The van der Waals surface area contributed by atoms with E-state index in [9.17, 15) is 18.0 Å². The third-order valence-electron chi connectivity index (χ3n) is 4.54. The van der Waals surface area contributed by atoms with Crippen LogP contribution in [0.5, 0.6) is 0 Å². The Morgan fingerprint density at radius 3 is 2.59 bits per heavy atom. The van der Waals surface area contributed by atoms with Crippen LogP contribution in [0.1, 0.15) is 24.1 Å². The maximum Gasteiger partial charge on any atom is 0.241 e. The summed E-state index contributed by atoms with van der Waals surface area (Å²) in [4.78, 5) is 25.4. The number of benzene rings is 2. The van der Waals surface area contributed by atoms with Crippen LogP contribution in [-0.2, 0) is 26.0 Å². The standard InChI is InChI=1S/C19H21N3O4S/c1-13(14-6-4-3-5-7-14)21-18(23)12-20-27(25,26)16-8-9-17-15(10-16)11-19(24)22(17)2/h3-10,13,20H,11-12H2,1-2H3,(H,21,23). The second-order valence-electron chi connectivity index (χ2n) is 6.44. The molecule has 142 valence electrons. The van der Waals surface area contributed by atoms with Gasteiger partial charge in [-0.3, -0.25) is 9.59 Å². The number of carbonyl (C=O) groups is 2. The molecule has 1 atom stereocenters. The van der Waals surface area contributed by atoms with Gasteiger partial charge in [-0.1, -0.05) is 30.3 Å². The monoisotopic (exact) mass is 387 g/mol. The highest BCUT2D eigenvalue weighted by Gasteiger charge is 2.26. The van der Waals surface area contributed by atoms with Gasteiger partial charge in [0.1, 0.15) is 0 Å². The molecule has 0 fully saturated rings. The Hall–Kier alpha value is -2.71. The second-order valence-corrected chi connectivity index (χ2v) is 8.21. The SMILES string of the molecule is CC(NC(=O)CNS(=O)(=O)c1ccc2c(c1)CC(=O)N2C)c1ccccc1. The third kappa shape index (κ3) is 4.17. The molecule has 0 bridgehead atoms. The molecule has 3 rings (SSSR count). The van der Waals surface area contributed by atoms with E-state index in [0.717, 1.165) is 5.56 Å². The smallest absolute Gasteiger partial charge is 0.241 e. The number of fused-ring (bicyclic) bond motifs is 1. The molecule has 0 radical (unpaired) electrons. The van der Waals surface area contributed by atoms with Gasteiger partial charge in [-0.15, -0.1) is 0 Å². The third-order valence-corrected chi connectivity index (χ3v) is 5.94. The molecule has 0 spiro atoms. The zero-order chi connectivity index (χ0) is 19.6. The van der Waals surface area contributed by atoms with Gasteiger partial charge in [0.15, 0.2) is 0 Å². The van der Waals surface area contributed by atoms with E-state index in [1.54, 1.807) is 13.1 Å². The maximum absolute atomic E-state index is 12.5. The van der Waals surface area contributed by atoms with Gasteiger partial charge in [-0.05, 0) is 36.2 Å². The molecule has 0 saturated heterocycles. The number of sulfonamides is 1. The Morgan fingerprint density at radius 2 is 1.89 bits per heavy atom. The van der Waals surface area contributed by atoms with Crippen molar-refractivity contribution in [1.82, 2.24) is 10.0 Å². The van der Waals surface area contributed by atoms with Crippen molar-refractivity contribution >= 4 is 27.5 Å². The van der Waals surface area contributed by atoms with Crippen molar-refractivity contribution in [3.05, 3.63) is 59.7 Å². The van der Waals surface area contributed by atoms with Gasteiger partial charge in [0, 0.05) is 12.7 Å². The van der Waals surface area contributed by atoms with Crippen molar-refractivity contribution in [3.63, 3.8) is 0 Å². The molecule has 1 aliphatic rings. The normalized spacial score (nSPS) is 14.7. The van der Waals surface area contributed by atoms with E-state index in [1.165, 1.54) is 17.0 Å². The molecule has 7 nitrogen and oxygen atoms in total. The number of hydrogen-bond acceptors (Lipinski definition) is 4. The average Bonchev–Trinajstić information content (AvgIpc) is 2.94. The van der Waals surface area contributed by atoms with Crippen LogP contribution in [-0.4, -0.2) is 33.8 Å². The van der Waals surface area contributed by atoms with Crippen LogP contribution >= 0.6 is 0 Å². The van der Waals surface area contributed by atoms with Gasteiger partial charge >= 0.3 is 0 Å². The molecule has 27 heavy (non-hydrogen) atoms. The van der Waals surface area contributed by atoms with E-state index >= 15 is 0 Å². The second kappa shape index (κ2) is 7.50. The highest BCUT2D eigenvalue weighted by atomic mass is 32.2. The molecule has 2 N–H and O–H groups in total. The number of nitrogens with zero attached hydrogens (tertiary/aromatic N) is 1. The first-order valence-electron chi connectivity index (χ1n) is 8.51. The summed E-state index contributed by atoms with van der Waals surface area (Å²) < 4.78 is 27.2. The number of hydrogen-bond donors (Lipinski definition) is 2.